The molecule has 0 aliphatic heterocycles. The van der Waals surface area contributed by atoms with Crippen LogP contribution in [0.1, 0.15) is 19.8 Å². The molecule has 0 aromatic heterocycles. The predicted molar refractivity (Wildman–Crippen MR) is 27.4 cm³/mol. The zero-order valence-corrected chi connectivity index (χ0v) is 6.75. The zero-order valence-electron chi connectivity index (χ0n) is 3.90. The van der Waals surface area contributed by atoms with Crippen molar-refractivity contribution in [3.63, 3.8) is 0 Å². The van der Waals surface area contributed by atoms with Crippen molar-refractivity contribution in [2.45, 2.75) is 19.8 Å². The number of hydrogen-bond acceptors (Lipinski definition) is 1. The van der Waals surface area contributed by atoms with Crippen LogP contribution in [0.2, 0.25) is 0 Å². The summed E-state index contributed by atoms with van der Waals surface area (Å²) >= 11 is -1.19. The Hall–Kier alpha value is 0.469. The van der Waals surface area contributed by atoms with Gasteiger partial charge >= 0.3 is 47.5 Å². The van der Waals surface area contributed by atoms with Gasteiger partial charge in [0.05, 0.1) is 0 Å². The van der Waals surface area contributed by atoms with Crippen LogP contribution < -0.4 is 0 Å². The molecule has 0 atom stereocenters. The molecule has 0 aromatic carbocycles. The van der Waals surface area contributed by atoms with Crippen LogP contribution in [0, 0.1) is 0 Å². The monoisotopic (exact) mass is 192 g/mol. The van der Waals surface area contributed by atoms with Crippen molar-refractivity contribution in [1.29, 1.82) is 0 Å². The van der Waals surface area contributed by atoms with E-state index >= 15 is 0 Å². The fourth-order valence-electron chi connectivity index (χ4n) is 0.203. The molecule has 0 unspecified atom stereocenters. The Morgan fingerprint density at radius 3 is 2.67 bits per heavy atom. The summed E-state index contributed by atoms with van der Waals surface area (Å²) in [5.41, 5.74) is 0. The summed E-state index contributed by atoms with van der Waals surface area (Å²) in [7, 11) is 0. The molecular formula is C4H8OSn. The summed E-state index contributed by atoms with van der Waals surface area (Å²) in [6.45, 7) is 2.09. The Bertz CT molecular complexity index is 63.9. The molecule has 0 amide bonds. The van der Waals surface area contributed by atoms with Crippen molar-refractivity contribution in [2.24, 2.45) is 0 Å². The molecule has 0 N–H and O–H groups in total. The fraction of sp³-hybridized carbons (Fsp3) is 0.750. The summed E-state index contributed by atoms with van der Waals surface area (Å²) in [5, 5.41) is 0. The molecule has 1 nitrogen and oxygen atoms in total. The summed E-state index contributed by atoms with van der Waals surface area (Å²) in [4.78, 5) is 0. The SMILES string of the molecule is CCC[CH]=[Sn]=[O]. The third-order valence-electron chi connectivity index (χ3n) is 0.516. The Kier molecular flexibility index (Phi) is 5.90. The van der Waals surface area contributed by atoms with Gasteiger partial charge in [0.1, 0.15) is 0 Å². The second-order valence-electron chi connectivity index (χ2n) is 1.11. The van der Waals surface area contributed by atoms with Crippen molar-refractivity contribution in [3.05, 3.63) is 0 Å². The maximum atomic E-state index is 9.80. The average molecular weight is 191 g/mol. The van der Waals surface area contributed by atoms with Crippen LogP contribution in [0.3, 0.4) is 0 Å². The number of rotatable bonds is 2. The third kappa shape index (κ3) is 4.47. The summed E-state index contributed by atoms with van der Waals surface area (Å²) in [5.74, 6) is 0. The second-order valence-corrected chi connectivity index (χ2v) is 2.95. The fourth-order valence-corrected chi connectivity index (χ4v) is 1.36. The third-order valence-corrected chi connectivity index (χ3v) is 1.82. The maximum absolute atomic E-state index is 9.80. The first kappa shape index (κ1) is 6.47. The van der Waals surface area contributed by atoms with E-state index in [0.717, 1.165) is 12.8 Å². The number of hydrogen-bond donors (Lipinski definition) is 0. The molecular weight excluding hydrogens is 183 g/mol. The molecule has 0 aliphatic carbocycles. The van der Waals surface area contributed by atoms with Crippen LogP contribution >= 0.6 is 0 Å². The van der Waals surface area contributed by atoms with E-state index < -0.39 is 20.7 Å². The van der Waals surface area contributed by atoms with Gasteiger partial charge in [-0.15, -0.1) is 0 Å². The number of unbranched alkanes of at least 4 members (excludes halogenated alkanes) is 1. The van der Waals surface area contributed by atoms with Gasteiger partial charge in [-0.3, -0.25) is 0 Å². The molecule has 34 valence electrons. The van der Waals surface area contributed by atoms with Gasteiger partial charge in [0.15, 0.2) is 0 Å². The van der Waals surface area contributed by atoms with Crippen molar-refractivity contribution in [2.75, 3.05) is 0 Å². The Balaban J connectivity index is 2.86. The van der Waals surface area contributed by atoms with E-state index in [1.54, 1.807) is 0 Å². The summed E-state index contributed by atoms with van der Waals surface area (Å²) in [6, 6.07) is 0. The summed E-state index contributed by atoms with van der Waals surface area (Å²) < 4.78 is 11.7. The molecule has 0 aliphatic rings. The predicted octanol–water partition coefficient (Wildman–Crippen LogP) is 0.638. The molecule has 0 radical (unpaired) electrons. The first-order chi connectivity index (χ1) is 2.91. The molecule has 2 heteroatoms. The average Bonchev–Trinajstić information content (AvgIpc) is 1.61. The first-order valence-electron chi connectivity index (χ1n) is 2.11. The van der Waals surface area contributed by atoms with Gasteiger partial charge in [-0.2, -0.15) is 0 Å². The van der Waals surface area contributed by atoms with Gasteiger partial charge in [-0.05, 0) is 0 Å². The molecule has 0 rings (SSSR count). The Morgan fingerprint density at radius 1 is 1.83 bits per heavy atom. The molecule has 0 saturated carbocycles. The van der Waals surface area contributed by atoms with Crippen molar-refractivity contribution in [3.8, 4) is 0 Å². The topological polar surface area (TPSA) is 17.1 Å². The molecule has 0 heterocycles. The van der Waals surface area contributed by atoms with E-state index in [-0.39, 0.29) is 0 Å². The van der Waals surface area contributed by atoms with Crippen LogP contribution in [-0.2, 0) is 3.08 Å². The van der Waals surface area contributed by atoms with E-state index in [1.165, 1.54) is 0 Å². The van der Waals surface area contributed by atoms with Crippen molar-refractivity contribution < 1.29 is 3.08 Å². The second kappa shape index (κ2) is 5.47. The van der Waals surface area contributed by atoms with E-state index in [4.69, 9.17) is 0 Å². The standard InChI is InChI=1S/C4H8.O.Sn/c1-3-4-2;;/h1H,3-4H2,2H3;;. The Labute approximate surface area is 47.8 Å². The van der Waals surface area contributed by atoms with Crippen molar-refractivity contribution >= 4 is 24.7 Å². The summed E-state index contributed by atoms with van der Waals surface area (Å²) in [6.07, 6.45) is 2.19. The quantitative estimate of drug-likeness (QED) is 0.585. The molecule has 0 saturated heterocycles. The van der Waals surface area contributed by atoms with E-state index in [2.05, 4.69) is 6.92 Å². The normalized spacial score (nSPS) is 6.83. The van der Waals surface area contributed by atoms with Gasteiger partial charge in [0.2, 0.25) is 0 Å². The van der Waals surface area contributed by atoms with Crippen LogP contribution in [0.5, 0.6) is 0 Å². The molecule has 0 spiro atoms. The zero-order chi connectivity index (χ0) is 4.83. The van der Waals surface area contributed by atoms with Crippen LogP contribution in [0.15, 0.2) is 0 Å². The molecule has 6 heavy (non-hydrogen) atoms. The van der Waals surface area contributed by atoms with Crippen LogP contribution in [0.4, 0.5) is 0 Å². The van der Waals surface area contributed by atoms with Gasteiger partial charge < -0.3 is 0 Å². The van der Waals surface area contributed by atoms with Gasteiger partial charge in [-0.25, -0.2) is 0 Å². The minimum absolute atomic E-state index is 1.05. The molecule has 0 aromatic rings. The minimum atomic E-state index is -1.19. The van der Waals surface area contributed by atoms with E-state index in [0.29, 0.717) is 0 Å². The Morgan fingerprint density at radius 2 is 2.50 bits per heavy atom. The van der Waals surface area contributed by atoms with Crippen molar-refractivity contribution in [1.82, 2.24) is 0 Å². The molecule has 0 fully saturated rings. The molecule has 0 bridgehead atoms. The van der Waals surface area contributed by atoms with Crippen LogP contribution in [0.25, 0.3) is 0 Å². The van der Waals surface area contributed by atoms with E-state index in [1.807, 2.05) is 4.02 Å². The van der Waals surface area contributed by atoms with Gasteiger partial charge in [0, 0.05) is 0 Å². The van der Waals surface area contributed by atoms with Gasteiger partial charge in [-0.1, -0.05) is 0 Å². The van der Waals surface area contributed by atoms with E-state index in [9.17, 15) is 3.08 Å². The van der Waals surface area contributed by atoms with Crippen LogP contribution in [-0.4, -0.2) is 24.7 Å². The van der Waals surface area contributed by atoms with Gasteiger partial charge in [0.25, 0.3) is 0 Å². The first-order valence-corrected chi connectivity index (χ1v) is 4.92.